The third-order valence-corrected chi connectivity index (χ3v) is 5.81. The average Bonchev–Trinajstić information content (AvgIpc) is 3.23. The van der Waals surface area contributed by atoms with E-state index in [0.29, 0.717) is 17.3 Å². The van der Waals surface area contributed by atoms with Gasteiger partial charge in [0.2, 0.25) is 5.91 Å². The van der Waals surface area contributed by atoms with Gasteiger partial charge >= 0.3 is 0 Å². The van der Waals surface area contributed by atoms with Crippen LogP contribution in [0.4, 0.5) is 4.39 Å². The third-order valence-electron chi connectivity index (χ3n) is 5.56. The molecule has 0 aliphatic rings. The summed E-state index contributed by atoms with van der Waals surface area (Å²) in [6.07, 6.45) is 3.26. The topological polar surface area (TPSA) is 51.5 Å². The van der Waals surface area contributed by atoms with E-state index < -0.39 is 0 Å². The first-order valence-corrected chi connectivity index (χ1v) is 10.8. The summed E-state index contributed by atoms with van der Waals surface area (Å²) >= 11 is 6.04. The van der Waals surface area contributed by atoms with Crippen LogP contribution in [0.2, 0.25) is 5.02 Å². The Hall–Kier alpha value is -3.57. The van der Waals surface area contributed by atoms with Gasteiger partial charge in [0.05, 0.1) is 13.4 Å². The molecule has 3 aromatic carbocycles. The van der Waals surface area contributed by atoms with Gasteiger partial charge in [0.1, 0.15) is 17.1 Å². The summed E-state index contributed by atoms with van der Waals surface area (Å²) in [5.41, 5.74) is 5.86. The third kappa shape index (κ3) is 4.78. The maximum absolute atomic E-state index is 13.1. The molecule has 0 saturated carbocycles. The highest BCUT2D eigenvalue weighted by atomic mass is 35.5. The Labute approximate surface area is 196 Å². The number of amides is 1. The van der Waals surface area contributed by atoms with Gasteiger partial charge in [-0.15, -0.1) is 0 Å². The lowest BCUT2D eigenvalue weighted by Gasteiger charge is -2.13. The number of fused-ring (bicyclic) bond motifs is 1. The lowest BCUT2D eigenvalue weighted by Crippen LogP contribution is -2.20. The van der Waals surface area contributed by atoms with Crippen LogP contribution in [0.25, 0.3) is 27.7 Å². The highest BCUT2D eigenvalue weighted by Crippen LogP contribution is 2.40. The number of furan rings is 1. The lowest BCUT2D eigenvalue weighted by molar-refractivity contribution is -0.116. The van der Waals surface area contributed by atoms with Crippen molar-refractivity contribution in [2.75, 3.05) is 7.11 Å². The van der Waals surface area contributed by atoms with Crippen molar-refractivity contribution >= 4 is 34.1 Å². The molecule has 6 heteroatoms. The molecule has 4 aromatic rings. The summed E-state index contributed by atoms with van der Waals surface area (Å²) in [7, 11) is 1.60. The molecule has 0 unspecified atom stereocenters. The molecule has 33 heavy (non-hydrogen) atoms. The zero-order chi connectivity index (χ0) is 23.5. The summed E-state index contributed by atoms with van der Waals surface area (Å²) in [4.78, 5) is 12.6. The zero-order valence-corrected chi connectivity index (χ0v) is 19.3. The van der Waals surface area contributed by atoms with Crippen molar-refractivity contribution in [2.24, 2.45) is 0 Å². The van der Waals surface area contributed by atoms with Crippen LogP contribution in [0.3, 0.4) is 0 Å². The Morgan fingerprint density at radius 1 is 1.15 bits per heavy atom. The quantitative estimate of drug-likeness (QED) is 0.315. The minimum atomic E-state index is -0.309. The van der Waals surface area contributed by atoms with E-state index in [1.807, 2.05) is 44.2 Å². The summed E-state index contributed by atoms with van der Waals surface area (Å²) < 4.78 is 24.6. The fourth-order valence-corrected chi connectivity index (χ4v) is 3.97. The molecule has 4 rings (SSSR count). The van der Waals surface area contributed by atoms with Gasteiger partial charge in [-0.3, -0.25) is 4.79 Å². The smallest absolute Gasteiger partial charge is 0.244 e. The Morgan fingerprint density at radius 2 is 1.85 bits per heavy atom. The van der Waals surface area contributed by atoms with Crippen LogP contribution in [0.5, 0.6) is 5.75 Å². The van der Waals surface area contributed by atoms with Crippen molar-refractivity contribution in [3.8, 4) is 16.9 Å². The number of allylic oxidation sites excluding steroid dienone is 1. The minimum Gasteiger partial charge on any atom is -0.496 e. The number of ether oxygens (including phenoxy) is 1. The van der Waals surface area contributed by atoms with E-state index in [4.69, 9.17) is 20.8 Å². The Balaban J connectivity index is 1.67. The molecule has 0 saturated heterocycles. The molecule has 1 aromatic heterocycles. The Bertz CT molecular complexity index is 1340. The minimum absolute atomic E-state index is 0.248. The molecule has 0 bridgehead atoms. The first-order chi connectivity index (χ1) is 15.9. The largest absolute Gasteiger partial charge is 0.496 e. The molecular weight excluding hydrogens is 441 g/mol. The van der Waals surface area contributed by atoms with Crippen LogP contribution >= 0.6 is 11.6 Å². The van der Waals surface area contributed by atoms with Gasteiger partial charge in [-0.1, -0.05) is 35.9 Å². The van der Waals surface area contributed by atoms with E-state index in [1.54, 1.807) is 25.5 Å². The van der Waals surface area contributed by atoms with Crippen LogP contribution in [0.1, 0.15) is 23.6 Å². The first-order valence-electron chi connectivity index (χ1n) is 10.4. The van der Waals surface area contributed by atoms with Crippen LogP contribution in [0, 0.1) is 12.7 Å². The second-order valence-corrected chi connectivity index (χ2v) is 8.22. The average molecular weight is 464 g/mol. The normalized spacial score (nSPS) is 11.6. The number of carbonyl (C=O) groups is 1. The van der Waals surface area contributed by atoms with Crippen LogP contribution in [0.15, 0.2) is 71.4 Å². The highest BCUT2D eigenvalue weighted by molar-refractivity contribution is 6.30. The SMILES string of the molecule is COc1c(/C(C)=C/C(=O)NCc2ccc(F)cc2)cc2c(-c3ccc(Cl)cc3)coc2c1C. The highest BCUT2D eigenvalue weighted by Gasteiger charge is 2.18. The van der Waals surface area contributed by atoms with Crippen molar-refractivity contribution < 1.29 is 18.3 Å². The van der Waals surface area contributed by atoms with Crippen molar-refractivity contribution in [3.63, 3.8) is 0 Å². The summed E-state index contributed by atoms with van der Waals surface area (Å²) in [6.45, 7) is 4.10. The Morgan fingerprint density at radius 3 is 2.52 bits per heavy atom. The van der Waals surface area contributed by atoms with E-state index in [0.717, 1.165) is 44.4 Å². The van der Waals surface area contributed by atoms with E-state index in [2.05, 4.69) is 5.32 Å². The van der Waals surface area contributed by atoms with Crippen molar-refractivity contribution in [1.82, 2.24) is 5.32 Å². The lowest BCUT2D eigenvalue weighted by atomic mass is 9.96. The Kier molecular flexibility index (Phi) is 6.52. The van der Waals surface area contributed by atoms with E-state index in [9.17, 15) is 9.18 Å². The van der Waals surface area contributed by atoms with Gasteiger partial charge in [-0.2, -0.15) is 0 Å². The van der Waals surface area contributed by atoms with Crippen molar-refractivity contribution in [2.45, 2.75) is 20.4 Å². The van der Waals surface area contributed by atoms with Gasteiger partial charge < -0.3 is 14.5 Å². The number of hydrogen-bond acceptors (Lipinski definition) is 3. The fraction of sp³-hybridized carbons (Fsp3) is 0.148. The number of aryl methyl sites for hydroxylation is 1. The number of benzene rings is 3. The molecule has 0 aliphatic heterocycles. The maximum Gasteiger partial charge on any atom is 0.244 e. The maximum atomic E-state index is 13.1. The monoisotopic (exact) mass is 463 g/mol. The molecule has 0 aliphatic carbocycles. The molecule has 0 atom stereocenters. The molecule has 1 N–H and O–H groups in total. The van der Waals surface area contributed by atoms with Gasteiger partial charge in [0.15, 0.2) is 0 Å². The van der Waals surface area contributed by atoms with Crippen molar-refractivity contribution in [1.29, 1.82) is 0 Å². The molecule has 0 radical (unpaired) electrons. The van der Waals surface area contributed by atoms with Crippen LogP contribution < -0.4 is 10.1 Å². The van der Waals surface area contributed by atoms with Crippen LogP contribution in [-0.2, 0) is 11.3 Å². The molecule has 168 valence electrons. The fourth-order valence-electron chi connectivity index (χ4n) is 3.84. The predicted molar refractivity (Wildman–Crippen MR) is 130 cm³/mol. The van der Waals surface area contributed by atoms with Crippen LogP contribution in [-0.4, -0.2) is 13.0 Å². The number of halogens is 2. The van der Waals surface area contributed by atoms with Gasteiger partial charge in [0, 0.05) is 39.7 Å². The molecule has 0 fully saturated rings. The summed E-state index contributed by atoms with van der Waals surface area (Å²) in [5, 5.41) is 4.42. The predicted octanol–water partition coefficient (Wildman–Crippen LogP) is 6.93. The summed E-state index contributed by atoms with van der Waals surface area (Å²) in [5.74, 6) is 0.0947. The number of carbonyl (C=O) groups excluding carboxylic acids is 1. The molecular formula is C27H23ClFNO3. The first kappa shape index (κ1) is 22.6. The number of methoxy groups -OCH3 is 1. The molecule has 1 amide bonds. The molecule has 0 spiro atoms. The standard InChI is InChI=1S/C27H23ClFNO3/c1-16(12-25(31)30-14-18-4-10-21(29)11-5-18)22-13-23-24(19-6-8-20(28)9-7-19)15-33-27(23)17(2)26(22)32-3/h4-13,15H,14H2,1-3H3,(H,30,31)/b16-12+. The number of rotatable bonds is 6. The molecule has 4 nitrogen and oxygen atoms in total. The van der Waals surface area contributed by atoms with Crippen molar-refractivity contribution in [3.05, 3.63) is 94.5 Å². The number of nitrogens with one attached hydrogen (secondary N) is 1. The summed E-state index contributed by atoms with van der Waals surface area (Å²) in [6, 6.07) is 15.6. The zero-order valence-electron chi connectivity index (χ0n) is 18.5. The van der Waals surface area contributed by atoms with E-state index in [1.165, 1.54) is 18.2 Å². The molecule has 1 heterocycles. The van der Waals surface area contributed by atoms with E-state index >= 15 is 0 Å². The van der Waals surface area contributed by atoms with Gasteiger partial charge in [-0.25, -0.2) is 4.39 Å². The second-order valence-electron chi connectivity index (χ2n) is 7.79. The second kappa shape index (κ2) is 9.51. The van der Waals surface area contributed by atoms with E-state index in [-0.39, 0.29) is 11.7 Å². The van der Waals surface area contributed by atoms with Gasteiger partial charge in [0.25, 0.3) is 0 Å². The number of hydrogen-bond donors (Lipinski definition) is 1. The van der Waals surface area contributed by atoms with Gasteiger partial charge in [-0.05, 0) is 60.9 Å².